The molecule has 0 saturated carbocycles. The predicted molar refractivity (Wildman–Crippen MR) is 94.5 cm³/mol. The minimum absolute atomic E-state index is 0.264. The third-order valence-electron chi connectivity index (χ3n) is 5.13. The quantitative estimate of drug-likeness (QED) is 0.675. The molecule has 0 radical (unpaired) electrons. The average Bonchev–Trinajstić information content (AvgIpc) is 2.59. The van der Waals surface area contributed by atoms with E-state index >= 15 is 0 Å². The monoisotopic (exact) mass is 342 g/mol. The van der Waals surface area contributed by atoms with E-state index in [-0.39, 0.29) is 11.1 Å². The molecule has 1 aromatic carbocycles. The molecule has 0 aliphatic heterocycles. The van der Waals surface area contributed by atoms with E-state index in [1.807, 2.05) is 0 Å². The van der Waals surface area contributed by atoms with Crippen LogP contribution < -0.4 is 0 Å². The molecule has 1 rings (SSSR count). The molecule has 22 heavy (non-hydrogen) atoms. The van der Waals surface area contributed by atoms with Crippen LogP contribution in [0.15, 0.2) is 24.3 Å². The van der Waals surface area contributed by atoms with Gasteiger partial charge in [-0.05, 0) is 24.2 Å². The van der Waals surface area contributed by atoms with Crippen molar-refractivity contribution in [2.75, 3.05) is 28.4 Å². The second-order valence-electron chi connectivity index (χ2n) is 5.96. The van der Waals surface area contributed by atoms with Crippen molar-refractivity contribution < 1.29 is 17.7 Å². The van der Waals surface area contributed by atoms with E-state index in [1.165, 1.54) is 11.1 Å². The lowest BCUT2D eigenvalue weighted by atomic mass is 10.1. The third kappa shape index (κ3) is 3.87. The molecule has 0 bridgehead atoms. The van der Waals surface area contributed by atoms with Gasteiger partial charge in [0.05, 0.1) is 0 Å². The van der Waals surface area contributed by atoms with E-state index in [1.54, 1.807) is 28.4 Å². The summed E-state index contributed by atoms with van der Waals surface area (Å²) in [4.78, 5) is 0. The number of hydrogen-bond donors (Lipinski definition) is 0. The zero-order chi connectivity index (χ0) is 17.0. The first-order valence-electron chi connectivity index (χ1n) is 7.58. The molecular formula is C16H30O4Si2. The largest absolute Gasteiger partial charge is 0.397 e. The van der Waals surface area contributed by atoms with Crippen molar-refractivity contribution >= 4 is 17.1 Å². The smallest absolute Gasteiger partial charge is 0.341 e. The van der Waals surface area contributed by atoms with Crippen molar-refractivity contribution in [3.63, 3.8) is 0 Å². The number of rotatable bonds is 8. The molecule has 0 saturated heterocycles. The third-order valence-corrected chi connectivity index (χ3v) is 12.2. The molecule has 0 aliphatic rings. The van der Waals surface area contributed by atoms with Crippen LogP contribution in [0.2, 0.25) is 13.1 Å². The predicted octanol–water partition coefficient (Wildman–Crippen LogP) is 3.70. The van der Waals surface area contributed by atoms with Crippen molar-refractivity contribution in [2.45, 2.75) is 38.0 Å². The van der Waals surface area contributed by atoms with E-state index in [0.29, 0.717) is 0 Å². The van der Waals surface area contributed by atoms with Gasteiger partial charge in [-0.3, -0.25) is 0 Å². The highest BCUT2D eigenvalue weighted by molar-refractivity contribution is 6.67. The van der Waals surface area contributed by atoms with Gasteiger partial charge in [0, 0.05) is 39.5 Å². The van der Waals surface area contributed by atoms with Gasteiger partial charge in [-0.1, -0.05) is 38.1 Å². The fraction of sp³-hybridized carbons (Fsp3) is 0.625. The first-order valence-corrected chi connectivity index (χ1v) is 12.4. The van der Waals surface area contributed by atoms with Crippen LogP contribution in [0.4, 0.5) is 0 Å². The Kier molecular flexibility index (Phi) is 6.97. The topological polar surface area (TPSA) is 36.9 Å². The number of hydrogen-bond acceptors (Lipinski definition) is 4. The second kappa shape index (κ2) is 7.85. The van der Waals surface area contributed by atoms with Gasteiger partial charge < -0.3 is 17.7 Å². The molecule has 2 atom stereocenters. The Balaban J connectivity index is 3.00. The molecule has 0 fully saturated rings. The SMILES string of the molecule is CO[Si](C)(OC)C(C)c1ccc(C(C)[Si](C)(OC)OC)cc1. The van der Waals surface area contributed by atoms with Crippen molar-refractivity contribution in [2.24, 2.45) is 0 Å². The molecule has 0 aromatic heterocycles. The zero-order valence-electron chi connectivity index (χ0n) is 15.1. The van der Waals surface area contributed by atoms with E-state index in [2.05, 4.69) is 51.2 Å². The van der Waals surface area contributed by atoms with Crippen LogP contribution >= 0.6 is 0 Å². The summed E-state index contributed by atoms with van der Waals surface area (Å²) in [5, 5.41) is 0. The van der Waals surface area contributed by atoms with Gasteiger partial charge in [0.25, 0.3) is 0 Å². The normalized spacial score (nSPS) is 15.6. The summed E-state index contributed by atoms with van der Waals surface area (Å²) >= 11 is 0. The zero-order valence-corrected chi connectivity index (χ0v) is 17.1. The maximum Gasteiger partial charge on any atom is 0.341 e. The van der Waals surface area contributed by atoms with Gasteiger partial charge in [-0.25, -0.2) is 0 Å². The van der Waals surface area contributed by atoms with Crippen LogP contribution in [0, 0.1) is 0 Å². The summed E-state index contributed by atoms with van der Waals surface area (Å²) in [6, 6.07) is 8.67. The van der Waals surface area contributed by atoms with Gasteiger partial charge in [0.2, 0.25) is 0 Å². The van der Waals surface area contributed by atoms with Crippen LogP contribution in [0.25, 0.3) is 0 Å². The lowest BCUT2D eigenvalue weighted by Crippen LogP contribution is -2.43. The maximum absolute atomic E-state index is 5.65. The molecule has 0 spiro atoms. The molecule has 4 nitrogen and oxygen atoms in total. The van der Waals surface area contributed by atoms with Crippen molar-refractivity contribution in [1.82, 2.24) is 0 Å². The number of benzene rings is 1. The van der Waals surface area contributed by atoms with Gasteiger partial charge in [-0.15, -0.1) is 0 Å². The molecule has 6 heteroatoms. The second-order valence-corrected chi connectivity index (χ2v) is 13.4. The van der Waals surface area contributed by atoms with Crippen LogP contribution in [-0.4, -0.2) is 45.6 Å². The fourth-order valence-corrected chi connectivity index (χ4v) is 5.90. The molecule has 0 N–H and O–H groups in total. The molecular weight excluding hydrogens is 312 g/mol. The summed E-state index contributed by atoms with van der Waals surface area (Å²) in [6.07, 6.45) is 0. The fourth-order valence-electron chi connectivity index (χ4n) is 2.55. The van der Waals surface area contributed by atoms with E-state index in [0.717, 1.165) is 0 Å². The molecule has 1 aromatic rings. The summed E-state index contributed by atoms with van der Waals surface area (Å²) in [5.41, 5.74) is 3.01. The van der Waals surface area contributed by atoms with E-state index in [4.69, 9.17) is 17.7 Å². The maximum atomic E-state index is 5.65. The van der Waals surface area contributed by atoms with Crippen LogP contribution in [0.3, 0.4) is 0 Å². The van der Waals surface area contributed by atoms with E-state index in [9.17, 15) is 0 Å². The first-order chi connectivity index (χ1) is 10.3. The van der Waals surface area contributed by atoms with Crippen molar-refractivity contribution in [3.8, 4) is 0 Å². The minimum atomic E-state index is -2.18. The minimum Gasteiger partial charge on any atom is -0.397 e. The Morgan fingerprint density at radius 1 is 0.636 bits per heavy atom. The van der Waals surface area contributed by atoms with Crippen LogP contribution in [-0.2, 0) is 17.7 Å². The first kappa shape index (κ1) is 19.5. The van der Waals surface area contributed by atoms with Gasteiger partial charge in [0.1, 0.15) is 0 Å². The van der Waals surface area contributed by atoms with E-state index < -0.39 is 17.1 Å². The average molecular weight is 343 g/mol. The Morgan fingerprint density at radius 2 is 0.864 bits per heavy atom. The van der Waals surface area contributed by atoms with Crippen molar-refractivity contribution in [1.29, 1.82) is 0 Å². The Morgan fingerprint density at radius 3 is 1.05 bits per heavy atom. The standard InChI is InChI=1S/C16H30O4Si2/c1-13(21(7,17-3)18-4)15-9-11-16(12-10-15)14(2)22(8,19-5)20-6/h9-14H,1-8H3. The highest BCUT2D eigenvalue weighted by Gasteiger charge is 2.39. The summed E-state index contributed by atoms with van der Waals surface area (Å²) in [5.74, 6) is 0. The molecule has 126 valence electrons. The molecule has 0 amide bonds. The van der Waals surface area contributed by atoms with Crippen LogP contribution in [0.5, 0.6) is 0 Å². The Bertz CT molecular complexity index is 413. The highest BCUT2D eigenvalue weighted by Crippen LogP contribution is 2.31. The lowest BCUT2D eigenvalue weighted by molar-refractivity contribution is 0.239. The molecule has 0 heterocycles. The summed E-state index contributed by atoms with van der Waals surface area (Å²) in [6.45, 7) is 8.52. The Hall–Kier alpha value is -0.506. The van der Waals surface area contributed by atoms with Gasteiger partial charge in [0.15, 0.2) is 0 Å². The summed E-state index contributed by atoms with van der Waals surface area (Å²) in [7, 11) is 2.58. The van der Waals surface area contributed by atoms with Crippen molar-refractivity contribution in [3.05, 3.63) is 35.4 Å². The van der Waals surface area contributed by atoms with Gasteiger partial charge in [-0.2, -0.15) is 0 Å². The summed E-state index contributed by atoms with van der Waals surface area (Å²) < 4.78 is 22.6. The lowest BCUT2D eigenvalue weighted by Gasteiger charge is -2.31. The van der Waals surface area contributed by atoms with Crippen LogP contribution in [0.1, 0.15) is 36.1 Å². The molecule has 2 unspecified atom stereocenters. The highest BCUT2D eigenvalue weighted by atomic mass is 28.4. The molecule has 0 aliphatic carbocycles. The Labute approximate surface area is 137 Å². The van der Waals surface area contributed by atoms with Gasteiger partial charge >= 0.3 is 17.1 Å².